The highest BCUT2D eigenvalue weighted by Gasteiger charge is 2.16. The van der Waals surface area contributed by atoms with Gasteiger partial charge in [0.05, 0.1) is 10.6 Å². The molecule has 0 N–H and O–H groups in total. The third kappa shape index (κ3) is 3.20. The predicted molar refractivity (Wildman–Crippen MR) is 66.4 cm³/mol. The summed E-state index contributed by atoms with van der Waals surface area (Å²) in [6.07, 6.45) is 4.72. The van der Waals surface area contributed by atoms with Crippen molar-refractivity contribution >= 4 is 27.7 Å². The van der Waals surface area contributed by atoms with Crippen molar-refractivity contribution in [1.82, 2.24) is 4.98 Å². The Morgan fingerprint density at radius 3 is 3.20 bits per heavy atom. The highest BCUT2D eigenvalue weighted by atomic mass is 79.9. The minimum absolute atomic E-state index is 0.421. The van der Waals surface area contributed by atoms with Gasteiger partial charge in [-0.1, -0.05) is 0 Å². The Hall–Kier alpha value is -0.0600. The third-order valence-corrected chi connectivity index (χ3v) is 4.38. The van der Waals surface area contributed by atoms with Crippen molar-refractivity contribution in [3.05, 3.63) is 22.3 Å². The van der Waals surface area contributed by atoms with Crippen LogP contribution in [0.2, 0.25) is 0 Å². The average molecular weight is 288 g/mol. The molecule has 1 aromatic rings. The molecule has 0 aromatic carbocycles. The molecule has 2 nitrogen and oxygen atoms in total. The summed E-state index contributed by atoms with van der Waals surface area (Å²) in [5.41, 5.74) is 1.18. The van der Waals surface area contributed by atoms with Gasteiger partial charge in [-0.15, -0.1) is 11.8 Å². The number of rotatable bonds is 3. The van der Waals surface area contributed by atoms with Crippen LogP contribution in [0, 0.1) is 6.92 Å². The Kier molecular flexibility index (Phi) is 4.05. The van der Waals surface area contributed by atoms with Gasteiger partial charge in [0.1, 0.15) is 5.03 Å². The van der Waals surface area contributed by atoms with E-state index in [2.05, 4.69) is 27.0 Å². The van der Waals surface area contributed by atoms with Gasteiger partial charge in [0, 0.05) is 18.6 Å². The summed E-state index contributed by atoms with van der Waals surface area (Å²) in [7, 11) is 0. The van der Waals surface area contributed by atoms with E-state index in [9.17, 15) is 0 Å². The second-order valence-electron chi connectivity index (χ2n) is 3.75. The van der Waals surface area contributed by atoms with E-state index < -0.39 is 0 Å². The van der Waals surface area contributed by atoms with Crippen LogP contribution in [0.5, 0.6) is 0 Å². The van der Waals surface area contributed by atoms with Crippen molar-refractivity contribution < 1.29 is 4.74 Å². The smallest absolute Gasteiger partial charge is 0.110 e. The molecule has 0 aliphatic carbocycles. The van der Waals surface area contributed by atoms with Gasteiger partial charge >= 0.3 is 0 Å². The van der Waals surface area contributed by atoms with Gasteiger partial charge in [0.15, 0.2) is 0 Å². The first-order valence-electron chi connectivity index (χ1n) is 5.12. The molecule has 2 rings (SSSR count). The lowest BCUT2D eigenvalue weighted by Crippen LogP contribution is -2.08. The van der Waals surface area contributed by atoms with Crippen LogP contribution in [0.1, 0.15) is 18.4 Å². The molecular formula is C11H14BrNOS. The zero-order valence-corrected chi connectivity index (χ0v) is 11.1. The van der Waals surface area contributed by atoms with Crippen LogP contribution in [0.25, 0.3) is 0 Å². The second-order valence-corrected chi connectivity index (χ2v) is 5.61. The van der Waals surface area contributed by atoms with Crippen LogP contribution in [0.15, 0.2) is 21.8 Å². The standard InChI is InChI=1S/C11H14BrNOS/c1-8-5-10(12)11(13-6-8)15-7-9-3-2-4-14-9/h5-6,9H,2-4,7H2,1H3. The quantitative estimate of drug-likeness (QED) is 0.796. The average Bonchev–Trinajstić information content (AvgIpc) is 2.69. The highest BCUT2D eigenvalue weighted by molar-refractivity contribution is 9.10. The van der Waals surface area contributed by atoms with Gasteiger partial charge in [-0.2, -0.15) is 0 Å². The molecule has 1 atom stereocenters. The summed E-state index contributed by atoms with van der Waals surface area (Å²) in [4.78, 5) is 4.40. The summed E-state index contributed by atoms with van der Waals surface area (Å²) in [6.45, 7) is 2.97. The van der Waals surface area contributed by atoms with E-state index in [-0.39, 0.29) is 0 Å². The van der Waals surface area contributed by atoms with E-state index in [1.165, 1.54) is 18.4 Å². The van der Waals surface area contributed by atoms with E-state index in [1.54, 1.807) is 11.8 Å². The maximum absolute atomic E-state index is 5.57. The lowest BCUT2D eigenvalue weighted by atomic mass is 10.3. The molecule has 15 heavy (non-hydrogen) atoms. The van der Waals surface area contributed by atoms with Crippen molar-refractivity contribution in [3.8, 4) is 0 Å². The molecule has 1 unspecified atom stereocenters. The molecule has 2 heterocycles. The van der Waals surface area contributed by atoms with E-state index in [0.29, 0.717) is 6.10 Å². The minimum Gasteiger partial charge on any atom is -0.377 e. The molecule has 1 fully saturated rings. The summed E-state index contributed by atoms with van der Waals surface area (Å²) >= 11 is 5.30. The SMILES string of the molecule is Cc1cnc(SCC2CCCO2)c(Br)c1. The fourth-order valence-corrected chi connectivity index (χ4v) is 3.31. The number of hydrogen-bond acceptors (Lipinski definition) is 3. The predicted octanol–water partition coefficient (Wildman–Crippen LogP) is 3.42. The lowest BCUT2D eigenvalue weighted by Gasteiger charge is -2.09. The number of halogens is 1. The fraction of sp³-hybridized carbons (Fsp3) is 0.545. The van der Waals surface area contributed by atoms with Crippen molar-refractivity contribution in [2.45, 2.75) is 30.9 Å². The first-order valence-corrected chi connectivity index (χ1v) is 6.90. The number of ether oxygens (including phenoxy) is 1. The molecule has 0 spiro atoms. The Morgan fingerprint density at radius 1 is 1.67 bits per heavy atom. The first kappa shape index (κ1) is 11.4. The molecule has 1 aliphatic rings. The van der Waals surface area contributed by atoms with Crippen molar-refractivity contribution in [2.75, 3.05) is 12.4 Å². The van der Waals surface area contributed by atoms with E-state index in [0.717, 1.165) is 21.9 Å². The van der Waals surface area contributed by atoms with Crippen LogP contribution in [-0.2, 0) is 4.74 Å². The molecule has 0 saturated carbocycles. The summed E-state index contributed by atoms with van der Waals surface area (Å²) in [5.74, 6) is 1.01. The van der Waals surface area contributed by atoms with Crippen LogP contribution in [0.4, 0.5) is 0 Å². The molecule has 0 amide bonds. The normalized spacial score (nSPS) is 20.8. The zero-order valence-electron chi connectivity index (χ0n) is 8.70. The number of nitrogens with zero attached hydrogens (tertiary/aromatic N) is 1. The topological polar surface area (TPSA) is 22.1 Å². The fourth-order valence-electron chi connectivity index (χ4n) is 1.57. The van der Waals surface area contributed by atoms with Gasteiger partial charge in [0.25, 0.3) is 0 Å². The van der Waals surface area contributed by atoms with Gasteiger partial charge in [-0.25, -0.2) is 4.98 Å². The van der Waals surface area contributed by atoms with E-state index in [4.69, 9.17) is 4.74 Å². The van der Waals surface area contributed by atoms with Crippen LogP contribution in [0.3, 0.4) is 0 Å². The monoisotopic (exact) mass is 287 g/mol. The van der Waals surface area contributed by atoms with Crippen molar-refractivity contribution in [3.63, 3.8) is 0 Å². The van der Waals surface area contributed by atoms with Crippen LogP contribution >= 0.6 is 27.7 Å². The Labute approximate surface area is 103 Å². The Morgan fingerprint density at radius 2 is 2.53 bits per heavy atom. The summed E-state index contributed by atoms with van der Waals surface area (Å²) in [5, 5.41) is 1.07. The first-order chi connectivity index (χ1) is 7.25. The number of hydrogen-bond donors (Lipinski definition) is 0. The Balaban J connectivity index is 1.92. The maximum Gasteiger partial charge on any atom is 0.110 e. The zero-order chi connectivity index (χ0) is 10.7. The molecule has 1 aliphatic heterocycles. The van der Waals surface area contributed by atoms with E-state index >= 15 is 0 Å². The molecule has 0 bridgehead atoms. The molecule has 82 valence electrons. The Bertz CT molecular complexity index is 339. The molecule has 1 aromatic heterocycles. The third-order valence-electron chi connectivity index (χ3n) is 2.37. The molecular weight excluding hydrogens is 274 g/mol. The van der Waals surface area contributed by atoms with Gasteiger partial charge in [-0.3, -0.25) is 0 Å². The number of thioether (sulfide) groups is 1. The largest absolute Gasteiger partial charge is 0.377 e. The number of aromatic nitrogens is 1. The number of pyridine rings is 1. The maximum atomic E-state index is 5.57. The lowest BCUT2D eigenvalue weighted by molar-refractivity contribution is 0.129. The van der Waals surface area contributed by atoms with Crippen molar-refractivity contribution in [1.29, 1.82) is 0 Å². The second kappa shape index (κ2) is 5.32. The van der Waals surface area contributed by atoms with Crippen molar-refractivity contribution in [2.24, 2.45) is 0 Å². The minimum atomic E-state index is 0.421. The van der Waals surface area contributed by atoms with Gasteiger partial charge in [0.2, 0.25) is 0 Å². The van der Waals surface area contributed by atoms with Gasteiger partial charge < -0.3 is 4.74 Å². The summed E-state index contributed by atoms with van der Waals surface area (Å²) in [6, 6.07) is 2.10. The van der Waals surface area contributed by atoms with Gasteiger partial charge in [-0.05, 0) is 47.3 Å². The van der Waals surface area contributed by atoms with E-state index in [1.807, 2.05) is 13.1 Å². The highest BCUT2D eigenvalue weighted by Crippen LogP contribution is 2.28. The molecule has 4 heteroatoms. The number of aryl methyl sites for hydroxylation is 1. The van der Waals surface area contributed by atoms with Crippen LogP contribution < -0.4 is 0 Å². The molecule has 1 saturated heterocycles. The van der Waals surface area contributed by atoms with Crippen LogP contribution in [-0.4, -0.2) is 23.4 Å². The molecule has 0 radical (unpaired) electrons. The summed E-state index contributed by atoms with van der Waals surface area (Å²) < 4.78 is 6.66.